The van der Waals surface area contributed by atoms with Gasteiger partial charge in [-0.05, 0) is 23.5 Å². The van der Waals surface area contributed by atoms with Gasteiger partial charge in [0.25, 0.3) is 0 Å². The molecular formula is C6H10S. The maximum atomic E-state index is 2.27. The summed E-state index contributed by atoms with van der Waals surface area (Å²) in [6.45, 7) is 2.26. The van der Waals surface area contributed by atoms with Crippen molar-refractivity contribution in [3.63, 3.8) is 0 Å². The molecule has 0 bridgehead atoms. The van der Waals surface area contributed by atoms with Crippen molar-refractivity contribution in [2.45, 2.75) is 13.3 Å². The fraction of sp³-hybridized carbons (Fsp3) is 0.667. The standard InChI is InChI=1S/C6H10S/c1-6-2-4-7-5-3-6/h2,4,6H,3,5H2,1H3. The molecule has 1 atom stereocenters. The maximum absolute atomic E-state index is 2.27. The van der Waals surface area contributed by atoms with Gasteiger partial charge in [0.05, 0.1) is 0 Å². The molecule has 40 valence electrons. The molecule has 0 aromatic carbocycles. The second-order valence-electron chi connectivity index (χ2n) is 1.97. The van der Waals surface area contributed by atoms with Crippen LogP contribution < -0.4 is 0 Å². The zero-order chi connectivity index (χ0) is 5.11. The Morgan fingerprint density at radius 3 is 2.86 bits per heavy atom. The third-order valence-electron chi connectivity index (χ3n) is 1.19. The summed E-state index contributed by atoms with van der Waals surface area (Å²) in [7, 11) is 0. The van der Waals surface area contributed by atoms with Gasteiger partial charge in [0.2, 0.25) is 0 Å². The molecule has 0 nitrogen and oxygen atoms in total. The molecule has 0 aromatic rings. The molecule has 1 aliphatic heterocycles. The predicted octanol–water partition coefficient (Wildman–Crippen LogP) is 2.27. The van der Waals surface area contributed by atoms with Crippen LogP contribution in [-0.2, 0) is 0 Å². The highest BCUT2D eigenvalue weighted by Crippen LogP contribution is 2.18. The van der Waals surface area contributed by atoms with Crippen molar-refractivity contribution < 1.29 is 0 Å². The fourth-order valence-electron chi connectivity index (χ4n) is 0.608. The van der Waals surface area contributed by atoms with Crippen LogP contribution in [-0.4, -0.2) is 5.75 Å². The molecule has 0 saturated heterocycles. The van der Waals surface area contributed by atoms with Gasteiger partial charge in [0, 0.05) is 0 Å². The van der Waals surface area contributed by atoms with Crippen LogP contribution in [0.3, 0.4) is 0 Å². The molecule has 0 aromatic heterocycles. The van der Waals surface area contributed by atoms with Gasteiger partial charge in [-0.2, -0.15) is 0 Å². The van der Waals surface area contributed by atoms with Gasteiger partial charge in [-0.25, -0.2) is 0 Å². The van der Waals surface area contributed by atoms with Crippen LogP contribution in [0, 0.1) is 5.92 Å². The highest BCUT2D eigenvalue weighted by Gasteiger charge is 1.99. The summed E-state index contributed by atoms with van der Waals surface area (Å²) >= 11 is 1.92. The van der Waals surface area contributed by atoms with E-state index in [1.807, 2.05) is 11.8 Å². The molecule has 0 fully saturated rings. The molecule has 1 unspecified atom stereocenters. The average molecular weight is 114 g/mol. The van der Waals surface area contributed by atoms with Crippen molar-refractivity contribution in [2.75, 3.05) is 5.75 Å². The molecule has 0 spiro atoms. The van der Waals surface area contributed by atoms with Gasteiger partial charge < -0.3 is 0 Å². The van der Waals surface area contributed by atoms with E-state index in [9.17, 15) is 0 Å². The number of thioether (sulfide) groups is 1. The Bertz CT molecular complexity index is 76.2. The third-order valence-corrected chi connectivity index (χ3v) is 2.02. The lowest BCUT2D eigenvalue weighted by Gasteiger charge is -2.07. The zero-order valence-electron chi connectivity index (χ0n) is 4.55. The Balaban J connectivity index is 2.36. The number of allylic oxidation sites excluding steroid dienone is 1. The quantitative estimate of drug-likeness (QED) is 0.465. The molecule has 0 amide bonds. The highest BCUT2D eigenvalue weighted by molar-refractivity contribution is 8.02. The largest absolute Gasteiger partial charge is 0.134 e. The minimum absolute atomic E-state index is 0.834. The van der Waals surface area contributed by atoms with E-state index in [1.165, 1.54) is 12.2 Å². The third kappa shape index (κ3) is 1.56. The molecule has 0 aliphatic carbocycles. The molecule has 0 N–H and O–H groups in total. The van der Waals surface area contributed by atoms with E-state index in [4.69, 9.17) is 0 Å². The lowest BCUT2D eigenvalue weighted by atomic mass is 10.1. The van der Waals surface area contributed by atoms with Crippen molar-refractivity contribution >= 4 is 11.8 Å². The van der Waals surface area contributed by atoms with E-state index in [0.29, 0.717) is 0 Å². The lowest BCUT2D eigenvalue weighted by Crippen LogP contribution is -1.94. The Labute approximate surface area is 49.0 Å². The summed E-state index contributed by atoms with van der Waals surface area (Å²) in [5.41, 5.74) is 0. The highest BCUT2D eigenvalue weighted by atomic mass is 32.2. The molecule has 7 heavy (non-hydrogen) atoms. The van der Waals surface area contributed by atoms with Gasteiger partial charge in [0.1, 0.15) is 0 Å². The lowest BCUT2D eigenvalue weighted by molar-refractivity contribution is 0.702. The molecule has 1 aliphatic rings. The Morgan fingerprint density at radius 1 is 1.71 bits per heavy atom. The average Bonchev–Trinajstić information content (AvgIpc) is 1.69. The Morgan fingerprint density at radius 2 is 2.57 bits per heavy atom. The first-order valence-corrected chi connectivity index (χ1v) is 3.73. The predicted molar refractivity (Wildman–Crippen MR) is 35.4 cm³/mol. The summed E-state index contributed by atoms with van der Waals surface area (Å²) < 4.78 is 0. The molecule has 0 radical (unpaired) electrons. The summed E-state index contributed by atoms with van der Waals surface area (Å²) in [6.07, 6.45) is 3.63. The van der Waals surface area contributed by atoms with Gasteiger partial charge in [-0.3, -0.25) is 0 Å². The van der Waals surface area contributed by atoms with Crippen molar-refractivity contribution in [3.8, 4) is 0 Å². The van der Waals surface area contributed by atoms with Crippen LogP contribution in [0.4, 0.5) is 0 Å². The van der Waals surface area contributed by atoms with E-state index in [0.717, 1.165) is 5.92 Å². The van der Waals surface area contributed by atoms with Gasteiger partial charge in [-0.15, -0.1) is 11.8 Å². The molecule has 1 heteroatoms. The smallest absolute Gasteiger partial charge is 0.00206 e. The van der Waals surface area contributed by atoms with Crippen LogP contribution in [0.25, 0.3) is 0 Å². The van der Waals surface area contributed by atoms with Crippen LogP contribution >= 0.6 is 11.8 Å². The van der Waals surface area contributed by atoms with Gasteiger partial charge in [0.15, 0.2) is 0 Å². The zero-order valence-corrected chi connectivity index (χ0v) is 5.37. The SMILES string of the molecule is CC1C=CSCC1. The van der Waals surface area contributed by atoms with Crippen LogP contribution in [0.1, 0.15) is 13.3 Å². The Kier molecular flexibility index (Phi) is 1.80. The maximum Gasteiger partial charge on any atom is -0.00206 e. The van der Waals surface area contributed by atoms with Crippen molar-refractivity contribution in [2.24, 2.45) is 5.92 Å². The van der Waals surface area contributed by atoms with Crippen molar-refractivity contribution in [1.29, 1.82) is 0 Å². The van der Waals surface area contributed by atoms with Crippen molar-refractivity contribution in [1.82, 2.24) is 0 Å². The minimum atomic E-state index is 0.834. The number of hydrogen-bond acceptors (Lipinski definition) is 1. The van der Waals surface area contributed by atoms with Crippen LogP contribution in [0.5, 0.6) is 0 Å². The first kappa shape index (κ1) is 5.23. The summed E-state index contributed by atoms with van der Waals surface area (Å²) in [4.78, 5) is 0. The summed E-state index contributed by atoms with van der Waals surface area (Å²) in [6, 6.07) is 0. The van der Waals surface area contributed by atoms with E-state index >= 15 is 0 Å². The molecule has 1 heterocycles. The van der Waals surface area contributed by atoms with E-state index in [2.05, 4.69) is 18.4 Å². The molecule has 1 rings (SSSR count). The van der Waals surface area contributed by atoms with Gasteiger partial charge in [-0.1, -0.05) is 13.0 Å². The van der Waals surface area contributed by atoms with E-state index in [1.54, 1.807) is 0 Å². The molecular weight excluding hydrogens is 104 g/mol. The van der Waals surface area contributed by atoms with Crippen LogP contribution in [0.2, 0.25) is 0 Å². The monoisotopic (exact) mass is 114 g/mol. The normalized spacial score (nSPS) is 30.7. The summed E-state index contributed by atoms with van der Waals surface area (Å²) in [5.74, 6) is 2.15. The van der Waals surface area contributed by atoms with Crippen molar-refractivity contribution in [3.05, 3.63) is 11.5 Å². The first-order valence-electron chi connectivity index (χ1n) is 2.68. The first-order chi connectivity index (χ1) is 3.39. The number of hydrogen-bond donors (Lipinski definition) is 0. The second kappa shape index (κ2) is 2.41. The van der Waals surface area contributed by atoms with Gasteiger partial charge >= 0.3 is 0 Å². The fourth-order valence-corrected chi connectivity index (χ4v) is 1.63. The second-order valence-corrected chi connectivity index (χ2v) is 2.98. The minimum Gasteiger partial charge on any atom is -0.134 e. The summed E-state index contributed by atoms with van der Waals surface area (Å²) in [5, 5.41) is 2.20. The topological polar surface area (TPSA) is 0 Å². The van der Waals surface area contributed by atoms with E-state index < -0.39 is 0 Å². The Hall–Kier alpha value is 0.0900. The number of rotatable bonds is 0. The van der Waals surface area contributed by atoms with Crippen LogP contribution in [0.15, 0.2) is 11.5 Å². The molecule has 0 saturated carbocycles. The van der Waals surface area contributed by atoms with E-state index in [-0.39, 0.29) is 0 Å².